The molecule has 0 atom stereocenters. The fourth-order valence-electron chi connectivity index (χ4n) is 2.82. The van der Waals surface area contributed by atoms with Crippen LogP contribution in [0.1, 0.15) is 35.3 Å². The third kappa shape index (κ3) is 5.38. The van der Waals surface area contributed by atoms with Crippen molar-refractivity contribution in [1.29, 1.82) is 0 Å². The minimum Gasteiger partial charge on any atom is -0.452 e. The zero-order chi connectivity index (χ0) is 22.5. The Bertz CT molecular complexity index is 1050. The third-order valence-electron chi connectivity index (χ3n) is 4.71. The van der Waals surface area contributed by atoms with Crippen molar-refractivity contribution in [2.24, 2.45) is 0 Å². The maximum Gasteiger partial charge on any atom is 0.340 e. The van der Waals surface area contributed by atoms with Gasteiger partial charge in [0.15, 0.2) is 6.61 Å². The number of nitrogens with one attached hydrogen (secondary N) is 1. The zero-order valence-corrected chi connectivity index (χ0v) is 18.9. The lowest BCUT2D eigenvalue weighted by atomic mass is 10.1. The van der Waals surface area contributed by atoms with Crippen molar-refractivity contribution >= 4 is 39.2 Å². The van der Waals surface area contributed by atoms with E-state index in [1.807, 2.05) is 26.0 Å². The molecule has 2 aromatic carbocycles. The molecule has 0 spiro atoms. The first kappa shape index (κ1) is 23.9. The summed E-state index contributed by atoms with van der Waals surface area (Å²) in [6, 6.07) is 9.31. The summed E-state index contributed by atoms with van der Waals surface area (Å²) in [5.41, 5.74) is 2.43. The fourth-order valence-corrected chi connectivity index (χ4v) is 4.49. The molecule has 7 nitrogen and oxygen atoms in total. The molecular formula is C21H25ClN2O5S. The number of aryl methyl sites for hydroxylation is 1. The molecule has 1 N–H and O–H groups in total. The van der Waals surface area contributed by atoms with Gasteiger partial charge in [0.1, 0.15) is 0 Å². The van der Waals surface area contributed by atoms with Crippen LogP contribution in [0.4, 0.5) is 5.69 Å². The number of benzene rings is 2. The van der Waals surface area contributed by atoms with Crippen molar-refractivity contribution in [3.63, 3.8) is 0 Å². The summed E-state index contributed by atoms with van der Waals surface area (Å²) in [6.45, 7) is 7.29. The van der Waals surface area contributed by atoms with Crippen LogP contribution in [0.5, 0.6) is 0 Å². The summed E-state index contributed by atoms with van der Waals surface area (Å²) in [6.07, 6.45) is 0. The molecule has 2 rings (SSSR count). The Balaban J connectivity index is 2.13. The van der Waals surface area contributed by atoms with Gasteiger partial charge in [0.2, 0.25) is 10.0 Å². The Hall–Kier alpha value is -2.42. The van der Waals surface area contributed by atoms with E-state index < -0.39 is 28.5 Å². The van der Waals surface area contributed by atoms with Gasteiger partial charge in [0.25, 0.3) is 5.91 Å². The molecule has 0 aliphatic rings. The van der Waals surface area contributed by atoms with E-state index in [1.165, 1.54) is 22.5 Å². The lowest BCUT2D eigenvalue weighted by Crippen LogP contribution is -2.30. The predicted octanol–water partition coefficient (Wildman–Crippen LogP) is 3.78. The van der Waals surface area contributed by atoms with Gasteiger partial charge in [-0.15, -0.1) is 0 Å². The second-order valence-corrected chi connectivity index (χ2v) is 8.95. The molecule has 0 saturated carbocycles. The lowest BCUT2D eigenvalue weighted by Gasteiger charge is -2.19. The van der Waals surface area contributed by atoms with E-state index in [-0.39, 0.29) is 15.5 Å². The minimum atomic E-state index is -3.77. The number of amides is 1. The Morgan fingerprint density at radius 3 is 2.40 bits per heavy atom. The Kier molecular flexibility index (Phi) is 8.00. The molecule has 1 amide bonds. The van der Waals surface area contributed by atoms with Gasteiger partial charge in [-0.25, -0.2) is 13.2 Å². The van der Waals surface area contributed by atoms with Crippen LogP contribution < -0.4 is 5.32 Å². The average molecular weight is 453 g/mol. The van der Waals surface area contributed by atoms with Crippen LogP contribution in [0.3, 0.4) is 0 Å². The first-order chi connectivity index (χ1) is 14.1. The van der Waals surface area contributed by atoms with Crippen molar-refractivity contribution in [3.8, 4) is 0 Å². The van der Waals surface area contributed by atoms with Crippen molar-refractivity contribution in [1.82, 2.24) is 4.31 Å². The van der Waals surface area contributed by atoms with Crippen LogP contribution in [0, 0.1) is 13.8 Å². The molecule has 0 unspecified atom stereocenters. The van der Waals surface area contributed by atoms with Crippen molar-refractivity contribution < 1.29 is 22.7 Å². The summed E-state index contributed by atoms with van der Waals surface area (Å²) in [5, 5.41) is 2.72. The van der Waals surface area contributed by atoms with E-state index in [9.17, 15) is 18.0 Å². The molecule has 0 bridgehead atoms. The van der Waals surface area contributed by atoms with E-state index in [4.69, 9.17) is 16.3 Å². The largest absolute Gasteiger partial charge is 0.452 e. The number of hydrogen-bond donors (Lipinski definition) is 1. The summed E-state index contributed by atoms with van der Waals surface area (Å²) in [4.78, 5) is 24.5. The Morgan fingerprint density at radius 2 is 1.77 bits per heavy atom. The number of carbonyl (C=O) groups is 2. The maximum absolute atomic E-state index is 12.7. The van der Waals surface area contributed by atoms with Gasteiger partial charge >= 0.3 is 5.97 Å². The summed E-state index contributed by atoms with van der Waals surface area (Å²) < 4.78 is 31.7. The summed E-state index contributed by atoms with van der Waals surface area (Å²) >= 11 is 6.06. The molecule has 2 aromatic rings. The van der Waals surface area contributed by atoms with Crippen molar-refractivity contribution in [2.75, 3.05) is 25.0 Å². The molecule has 0 aliphatic heterocycles. The molecule has 162 valence electrons. The number of sulfonamides is 1. The van der Waals surface area contributed by atoms with Gasteiger partial charge in [-0.3, -0.25) is 4.79 Å². The van der Waals surface area contributed by atoms with Gasteiger partial charge in [-0.1, -0.05) is 37.6 Å². The summed E-state index contributed by atoms with van der Waals surface area (Å²) in [7, 11) is -3.77. The lowest BCUT2D eigenvalue weighted by molar-refractivity contribution is -0.119. The first-order valence-electron chi connectivity index (χ1n) is 9.44. The minimum absolute atomic E-state index is 0.0356. The van der Waals surface area contributed by atoms with E-state index in [1.54, 1.807) is 19.9 Å². The van der Waals surface area contributed by atoms with Gasteiger partial charge in [0.05, 0.1) is 15.5 Å². The number of carbonyl (C=O) groups excluding carboxylic acids is 2. The van der Waals surface area contributed by atoms with Crippen LogP contribution in [-0.2, 0) is 19.6 Å². The monoisotopic (exact) mass is 452 g/mol. The number of rotatable bonds is 8. The normalized spacial score (nSPS) is 11.4. The predicted molar refractivity (Wildman–Crippen MR) is 116 cm³/mol. The van der Waals surface area contributed by atoms with Gasteiger partial charge in [-0.05, 0) is 49.2 Å². The zero-order valence-electron chi connectivity index (χ0n) is 17.4. The van der Waals surface area contributed by atoms with Gasteiger partial charge < -0.3 is 10.1 Å². The SMILES string of the molecule is CCN(CC)S(=O)(=O)c1ccc(Cl)c(C(=O)OCC(=O)Nc2cccc(C)c2C)c1. The molecule has 0 aliphatic carbocycles. The smallest absolute Gasteiger partial charge is 0.340 e. The molecule has 30 heavy (non-hydrogen) atoms. The van der Waals surface area contributed by atoms with E-state index in [0.29, 0.717) is 18.8 Å². The van der Waals surface area contributed by atoms with Crippen LogP contribution >= 0.6 is 11.6 Å². The number of halogens is 1. The van der Waals surface area contributed by atoms with Gasteiger partial charge in [-0.2, -0.15) is 4.31 Å². The second-order valence-electron chi connectivity index (χ2n) is 6.60. The van der Waals surface area contributed by atoms with Crippen LogP contribution in [0.15, 0.2) is 41.3 Å². The quantitative estimate of drug-likeness (QED) is 0.615. The maximum atomic E-state index is 12.7. The highest BCUT2D eigenvalue weighted by Gasteiger charge is 2.24. The molecule has 0 radical (unpaired) electrons. The first-order valence-corrected chi connectivity index (χ1v) is 11.3. The molecule has 0 fully saturated rings. The molecule has 0 heterocycles. The van der Waals surface area contributed by atoms with E-state index in [0.717, 1.165) is 11.1 Å². The van der Waals surface area contributed by atoms with Crippen molar-refractivity contribution in [3.05, 3.63) is 58.1 Å². The molecule has 0 saturated heterocycles. The number of esters is 1. The average Bonchev–Trinajstić information content (AvgIpc) is 2.70. The molecule has 9 heteroatoms. The number of ether oxygens (including phenoxy) is 1. The number of anilines is 1. The summed E-state index contributed by atoms with van der Waals surface area (Å²) in [5.74, 6) is -1.40. The molecule has 0 aromatic heterocycles. The van der Waals surface area contributed by atoms with Crippen molar-refractivity contribution in [2.45, 2.75) is 32.6 Å². The fraction of sp³-hybridized carbons (Fsp3) is 0.333. The number of nitrogens with zero attached hydrogens (tertiary/aromatic N) is 1. The van der Waals surface area contributed by atoms with E-state index in [2.05, 4.69) is 5.32 Å². The third-order valence-corrected chi connectivity index (χ3v) is 7.09. The Labute approximate surface area is 182 Å². The highest BCUT2D eigenvalue weighted by Crippen LogP contribution is 2.24. The van der Waals surface area contributed by atoms with Crippen LogP contribution in [0.2, 0.25) is 5.02 Å². The molecular weight excluding hydrogens is 428 g/mol. The van der Waals surface area contributed by atoms with Crippen LogP contribution in [-0.4, -0.2) is 44.3 Å². The second kappa shape index (κ2) is 10.1. The van der Waals surface area contributed by atoms with Gasteiger partial charge in [0, 0.05) is 18.8 Å². The van der Waals surface area contributed by atoms with Crippen LogP contribution in [0.25, 0.3) is 0 Å². The van der Waals surface area contributed by atoms with E-state index >= 15 is 0 Å². The Morgan fingerprint density at radius 1 is 1.10 bits per heavy atom. The standard InChI is InChI=1S/C21H25ClN2O5S/c1-5-24(6-2)30(27,28)16-10-11-18(22)17(12-16)21(26)29-13-20(25)23-19-9-7-8-14(3)15(19)4/h7-12H,5-6,13H2,1-4H3,(H,23,25). The highest BCUT2D eigenvalue weighted by atomic mass is 35.5. The highest BCUT2D eigenvalue weighted by molar-refractivity contribution is 7.89. The topological polar surface area (TPSA) is 92.8 Å². The number of hydrogen-bond acceptors (Lipinski definition) is 5.